The number of halogens is 1. The van der Waals surface area contributed by atoms with Gasteiger partial charge in [0.25, 0.3) is 0 Å². The molecule has 1 fully saturated rings. The highest BCUT2D eigenvalue weighted by molar-refractivity contribution is 7.89. The van der Waals surface area contributed by atoms with E-state index in [4.69, 9.17) is 11.6 Å². The zero-order valence-corrected chi connectivity index (χ0v) is 13.4. The Bertz CT molecular complexity index is 601. The van der Waals surface area contributed by atoms with Gasteiger partial charge >= 0.3 is 0 Å². The molecule has 5 nitrogen and oxygen atoms in total. The molecule has 1 aliphatic carbocycles. The number of alkyl halides is 1. The maximum atomic E-state index is 12.2. The first-order chi connectivity index (χ1) is 9.87. The van der Waals surface area contributed by atoms with Gasteiger partial charge in [0.1, 0.15) is 0 Å². The molecule has 0 spiro atoms. The smallest absolute Gasteiger partial charge is 0.240 e. The van der Waals surface area contributed by atoms with Gasteiger partial charge in [0.2, 0.25) is 15.9 Å². The first-order valence-electron chi connectivity index (χ1n) is 6.88. The monoisotopic (exact) mass is 330 g/mol. The van der Waals surface area contributed by atoms with Crippen LogP contribution in [0.4, 0.5) is 5.69 Å². The number of carbonyl (C=O) groups is 1. The van der Waals surface area contributed by atoms with Crippen LogP contribution in [-0.2, 0) is 14.8 Å². The second kappa shape index (κ2) is 6.77. The van der Waals surface area contributed by atoms with E-state index < -0.39 is 10.0 Å². The first kappa shape index (κ1) is 16.3. The topological polar surface area (TPSA) is 75.3 Å². The van der Waals surface area contributed by atoms with E-state index in [9.17, 15) is 13.2 Å². The summed E-state index contributed by atoms with van der Waals surface area (Å²) in [5, 5.41) is 2.76. The van der Waals surface area contributed by atoms with Crippen molar-refractivity contribution in [3.63, 3.8) is 0 Å². The number of hydrogen-bond acceptors (Lipinski definition) is 3. The summed E-state index contributed by atoms with van der Waals surface area (Å²) in [4.78, 5) is 11.1. The van der Waals surface area contributed by atoms with Gasteiger partial charge in [-0.15, -0.1) is 11.6 Å². The third-order valence-electron chi connectivity index (χ3n) is 3.52. The number of benzene rings is 1. The maximum Gasteiger partial charge on any atom is 0.240 e. The van der Waals surface area contributed by atoms with Crippen LogP contribution in [0.15, 0.2) is 29.2 Å². The lowest BCUT2D eigenvalue weighted by Gasteiger charge is -2.12. The molecular weight excluding hydrogens is 312 g/mol. The van der Waals surface area contributed by atoms with Crippen molar-refractivity contribution in [3.8, 4) is 0 Å². The van der Waals surface area contributed by atoms with Crippen molar-refractivity contribution in [2.75, 3.05) is 11.9 Å². The summed E-state index contributed by atoms with van der Waals surface area (Å²) in [7, 11) is -3.52. The number of amides is 1. The Kier molecular flexibility index (Phi) is 5.24. The average molecular weight is 331 g/mol. The van der Waals surface area contributed by atoms with Crippen LogP contribution in [0.1, 0.15) is 26.2 Å². The lowest BCUT2D eigenvalue weighted by molar-refractivity contribution is -0.114. The highest BCUT2D eigenvalue weighted by Gasteiger charge is 2.24. The van der Waals surface area contributed by atoms with Gasteiger partial charge < -0.3 is 5.32 Å². The fourth-order valence-corrected chi connectivity index (χ4v) is 3.93. The van der Waals surface area contributed by atoms with Crippen molar-refractivity contribution in [1.29, 1.82) is 0 Å². The Hall–Kier alpha value is -1.11. The van der Waals surface area contributed by atoms with Crippen LogP contribution in [0.25, 0.3) is 0 Å². The number of carbonyl (C=O) groups excluding carboxylic acids is 1. The normalized spacial score (nSPS) is 22.2. The summed E-state index contributed by atoms with van der Waals surface area (Å²) in [5.74, 6) is 0.113. The largest absolute Gasteiger partial charge is 0.326 e. The van der Waals surface area contributed by atoms with Crippen molar-refractivity contribution in [3.05, 3.63) is 24.3 Å². The molecule has 21 heavy (non-hydrogen) atoms. The molecule has 0 radical (unpaired) electrons. The minimum absolute atomic E-state index is 0.163. The summed E-state index contributed by atoms with van der Waals surface area (Å²) in [5.41, 5.74) is 0.572. The fraction of sp³-hybridized carbons (Fsp3) is 0.500. The molecule has 0 aliphatic heterocycles. The fourth-order valence-electron chi connectivity index (χ4n) is 2.43. The zero-order valence-electron chi connectivity index (χ0n) is 11.8. The van der Waals surface area contributed by atoms with Crippen LogP contribution in [0.5, 0.6) is 0 Å². The van der Waals surface area contributed by atoms with E-state index in [-0.39, 0.29) is 16.2 Å². The van der Waals surface area contributed by atoms with Gasteiger partial charge in [-0.1, -0.05) is 0 Å². The van der Waals surface area contributed by atoms with Crippen LogP contribution in [0.2, 0.25) is 0 Å². The quantitative estimate of drug-likeness (QED) is 0.814. The Balaban J connectivity index is 1.97. The molecule has 0 saturated heterocycles. The van der Waals surface area contributed by atoms with Gasteiger partial charge in [0.15, 0.2) is 0 Å². The number of sulfonamides is 1. The van der Waals surface area contributed by atoms with Crippen LogP contribution in [0.3, 0.4) is 0 Å². The average Bonchev–Trinajstić information content (AvgIpc) is 2.82. The third kappa shape index (κ3) is 4.69. The summed E-state index contributed by atoms with van der Waals surface area (Å²) < 4.78 is 27.0. The van der Waals surface area contributed by atoms with Crippen molar-refractivity contribution < 1.29 is 13.2 Å². The first-order valence-corrected chi connectivity index (χ1v) is 8.80. The molecule has 1 aromatic carbocycles. The van der Waals surface area contributed by atoms with Gasteiger partial charge in [0.05, 0.1) is 4.90 Å². The van der Waals surface area contributed by atoms with Gasteiger partial charge in [-0.2, -0.15) is 0 Å². The minimum atomic E-state index is -3.52. The molecule has 2 unspecified atom stereocenters. The molecule has 1 saturated carbocycles. The molecule has 2 atom stereocenters. The Morgan fingerprint density at radius 2 is 1.95 bits per heavy atom. The van der Waals surface area contributed by atoms with Crippen molar-refractivity contribution in [1.82, 2.24) is 4.72 Å². The molecule has 1 aromatic rings. The molecular formula is C14H19ClN2O3S. The second-order valence-electron chi connectivity index (χ2n) is 5.33. The van der Waals surface area contributed by atoms with E-state index in [0.717, 1.165) is 19.3 Å². The Labute approximate surface area is 130 Å². The molecule has 0 heterocycles. The molecule has 1 aliphatic rings. The van der Waals surface area contributed by atoms with Crippen LogP contribution >= 0.6 is 11.6 Å². The van der Waals surface area contributed by atoms with E-state index in [1.165, 1.54) is 19.1 Å². The molecule has 2 rings (SSSR count). The molecule has 2 N–H and O–H groups in total. The molecule has 7 heteroatoms. The number of hydrogen-bond donors (Lipinski definition) is 2. The predicted octanol–water partition coefficient (Wildman–Crippen LogP) is 2.33. The van der Waals surface area contributed by atoms with Crippen LogP contribution < -0.4 is 10.0 Å². The molecule has 1 amide bonds. The molecule has 0 aromatic heterocycles. The standard InChI is InChI=1S/C14H19ClN2O3S/c1-10(18)17-13-4-6-14(7-5-13)21(19,20)16-9-11-2-3-12(15)8-11/h4-7,11-12,16H,2-3,8-9H2,1H3,(H,17,18). The lowest BCUT2D eigenvalue weighted by Crippen LogP contribution is -2.28. The third-order valence-corrected chi connectivity index (χ3v) is 5.36. The second-order valence-corrected chi connectivity index (χ2v) is 7.72. The van der Waals surface area contributed by atoms with Crippen LogP contribution in [0, 0.1) is 5.92 Å². The summed E-state index contributed by atoms with van der Waals surface area (Å²) in [6, 6.07) is 6.10. The number of rotatable bonds is 5. The summed E-state index contributed by atoms with van der Waals surface area (Å²) >= 11 is 6.02. The highest BCUT2D eigenvalue weighted by Crippen LogP contribution is 2.29. The maximum absolute atomic E-state index is 12.2. The molecule has 0 bridgehead atoms. The Morgan fingerprint density at radius 1 is 1.29 bits per heavy atom. The van der Waals surface area contributed by atoms with Crippen molar-refractivity contribution in [2.45, 2.75) is 36.5 Å². The Morgan fingerprint density at radius 3 is 2.48 bits per heavy atom. The predicted molar refractivity (Wildman–Crippen MR) is 82.9 cm³/mol. The lowest BCUT2D eigenvalue weighted by atomic mass is 10.1. The van der Waals surface area contributed by atoms with E-state index in [1.807, 2.05) is 0 Å². The number of anilines is 1. The van der Waals surface area contributed by atoms with Crippen molar-refractivity contribution in [2.24, 2.45) is 5.92 Å². The van der Waals surface area contributed by atoms with E-state index >= 15 is 0 Å². The van der Waals surface area contributed by atoms with E-state index in [2.05, 4.69) is 10.0 Å². The SMILES string of the molecule is CC(=O)Nc1ccc(S(=O)(=O)NCC2CCC(Cl)C2)cc1. The van der Waals surface area contributed by atoms with Gasteiger partial charge in [-0.25, -0.2) is 13.1 Å². The van der Waals surface area contributed by atoms with Gasteiger partial charge in [-0.3, -0.25) is 4.79 Å². The van der Waals surface area contributed by atoms with Crippen LogP contribution in [-0.4, -0.2) is 26.2 Å². The highest BCUT2D eigenvalue weighted by atomic mass is 35.5. The zero-order chi connectivity index (χ0) is 15.5. The van der Waals surface area contributed by atoms with Gasteiger partial charge in [0, 0.05) is 24.5 Å². The summed E-state index contributed by atoms with van der Waals surface area (Å²) in [6.07, 6.45) is 2.75. The van der Waals surface area contributed by atoms with E-state index in [1.54, 1.807) is 12.1 Å². The number of nitrogens with one attached hydrogen (secondary N) is 2. The van der Waals surface area contributed by atoms with E-state index in [0.29, 0.717) is 18.2 Å². The minimum Gasteiger partial charge on any atom is -0.326 e. The van der Waals surface area contributed by atoms with Crippen molar-refractivity contribution >= 4 is 33.2 Å². The molecule has 116 valence electrons. The summed E-state index contributed by atoms with van der Waals surface area (Å²) in [6.45, 7) is 1.82. The van der Waals surface area contributed by atoms with Gasteiger partial charge in [-0.05, 0) is 49.4 Å².